The zero-order chi connectivity index (χ0) is 12.8. The summed E-state index contributed by atoms with van der Waals surface area (Å²) in [7, 11) is 0. The van der Waals surface area contributed by atoms with Crippen LogP contribution in [0.4, 0.5) is 4.39 Å². The smallest absolute Gasteiger partial charge is 0.129 e. The molecule has 0 saturated carbocycles. The minimum atomic E-state index is -1.07. The van der Waals surface area contributed by atoms with E-state index in [1.54, 1.807) is 6.07 Å². The summed E-state index contributed by atoms with van der Waals surface area (Å²) in [5.41, 5.74) is 0.210. The Bertz CT molecular complexity index is 431. The minimum absolute atomic E-state index is 0.113. The molecule has 2 unspecified atom stereocenters. The fourth-order valence-corrected chi connectivity index (χ4v) is 3.34. The lowest BCUT2D eigenvalue weighted by Crippen LogP contribution is -2.59. The summed E-state index contributed by atoms with van der Waals surface area (Å²) < 4.78 is 19.5. The van der Waals surface area contributed by atoms with Gasteiger partial charge in [0, 0.05) is 17.6 Å². The Balaban J connectivity index is 1.99. The van der Waals surface area contributed by atoms with Crippen LogP contribution in [0.1, 0.15) is 24.0 Å². The lowest BCUT2D eigenvalue weighted by molar-refractivity contribution is -0.0820. The molecule has 2 fully saturated rings. The van der Waals surface area contributed by atoms with E-state index in [9.17, 15) is 9.50 Å². The molecule has 98 valence electrons. The fraction of sp³-hybridized carbons (Fsp3) is 0.571. The van der Waals surface area contributed by atoms with Crippen LogP contribution in [0.25, 0.3) is 0 Å². The van der Waals surface area contributed by atoms with E-state index in [1.807, 2.05) is 13.0 Å². The van der Waals surface area contributed by atoms with Gasteiger partial charge in [-0.1, -0.05) is 12.1 Å². The molecule has 0 radical (unpaired) electrons. The van der Waals surface area contributed by atoms with Crippen molar-refractivity contribution in [1.29, 1.82) is 0 Å². The number of benzene rings is 1. The number of fused-ring (bicyclic) bond motifs is 2. The number of hydrogen-bond acceptors (Lipinski definition) is 3. The maximum absolute atomic E-state index is 14.0. The highest BCUT2D eigenvalue weighted by atomic mass is 19.1. The van der Waals surface area contributed by atoms with Crippen molar-refractivity contribution in [3.63, 3.8) is 0 Å². The van der Waals surface area contributed by atoms with Crippen molar-refractivity contribution >= 4 is 0 Å². The molecule has 0 aliphatic carbocycles. The second-order valence-corrected chi connectivity index (χ2v) is 5.47. The highest BCUT2D eigenvalue weighted by Crippen LogP contribution is 2.39. The maximum atomic E-state index is 14.0. The largest absolute Gasteiger partial charge is 0.385 e. The molecule has 1 aromatic rings. The Morgan fingerprint density at radius 3 is 2.61 bits per heavy atom. The number of nitrogens with one attached hydrogen (secondary N) is 1. The van der Waals surface area contributed by atoms with E-state index in [1.165, 1.54) is 6.07 Å². The number of aliphatic hydroxyl groups is 1. The Hall–Kier alpha value is -0.970. The Morgan fingerprint density at radius 2 is 2.00 bits per heavy atom. The van der Waals surface area contributed by atoms with Crippen molar-refractivity contribution in [1.82, 2.24) is 5.32 Å². The molecule has 0 amide bonds. The standard InChI is InChI=1S/C14H18FNO2/c1-9-3-2-4-12(15)13(9)14(17)5-10-7-18-8-11(6-14)16-10/h2-4,10-11,16-17H,5-8H2,1H3. The fourth-order valence-electron chi connectivity index (χ4n) is 3.34. The number of rotatable bonds is 1. The second kappa shape index (κ2) is 4.30. The van der Waals surface area contributed by atoms with E-state index >= 15 is 0 Å². The number of halogens is 1. The van der Waals surface area contributed by atoms with Gasteiger partial charge in [0.05, 0.1) is 18.8 Å². The topological polar surface area (TPSA) is 41.5 Å². The summed E-state index contributed by atoms with van der Waals surface area (Å²) in [4.78, 5) is 0. The summed E-state index contributed by atoms with van der Waals surface area (Å²) in [5, 5.41) is 14.3. The zero-order valence-corrected chi connectivity index (χ0v) is 10.4. The first-order valence-electron chi connectivity index (χ1n) is 6.40. The predicted octanol–water partition coefficient (Wildman–Crippen LogP) is 1.47. The van der Waals surface area contributed by atoms with E-state index in [0.717, 1.165) is 5.56 Å². The summed E-state index contributed by atoms with van der Waals surface area (Å²) in [6, 6.07) is 5.19. The van der Waals surface area contributed by atoms with Gasteiger partial charge in [-0.25, -0.2) is 4.39 Å². The third kappa shape index (κ3) is 1.94. The van der Waals surface area contributed by atoms with Gasteiger partial charge in [0.25, 0.3) is 0 Å². The van der Waals surface area contributed by atoms with Crippen LogP contribution in [0.5, 0.6) is 0 Å². The predicted molar refractivity (Wildman–Crippen MR) is 65.8 cm³/mol. The Labute approximate surface area is 106 Å². The molecule has 1 aromatic carbocycles. The third-order valence-electron chi connectivity index (χ3n) is 3.96. The Kier molecular flexibility index (Phi) is 2.88. The molecule has 4 heteroatoms. The lowest BCUT2D eigenvalue weighted by Gasteiger charge is -2.45. The molecule has 2 bridgehead atoms. The molecule has 18 heavy (non-hydrogen) atoms. The van der Waals surface area contributed by atoms with Gasteiger partial charge in [0.2, 0.25) is 0 Å². The maximum Gasteiger partial charge on any atom is 0.129 e. The first kappa shape index (κ1) is 12.1. The van der Waals surface area contributed by atoms with Gasteiger partial charge in [-0.3, -0.25) is 0 Å². The highest BCUT2D eigenvalue weighted by molar-refractivity contribution is 5.34. The molecule has 2 aliphatic heterocycles. The molecule has 3 rings (SSSR count). The Morgan fingerprint density at radius 1 is 1.33 bits per heavy atom. The molecular weight excluding hydrogens is 233 g/mol. The molecule has 3 nitrogen and oxygen atoms in total. The molecule has 2 atom stereocenters. The monoisotopic (exact) mass is 251 g/mol. The van der Waals surface area contributed by atoms with Gasteiger partial charge >= 0.3 is 0 Å². The SMILES string of the molecule is Cc1cccc(F)c1C1(O)CC2COCC(C1)N2. The van der Waals surface area contributed by atoms with Crippen molar-refractivity contribution < 1.29 is 14.2 Å². The van der Waals surface area contributed by atoms with E-state index in [-0.39, 0.29) is 17.9 Å². The van der Waals surface area contributed by atoms with E-state index in [0.29, 0.717) is 31.6 Å². The quantitative estimate of drug-likeness (QED) is 0.794. The second-order valence-electron chi connectivity index (χ2n) is 5.47. The molecule has 0 aromatic heterocycles. The van der Waals surface area contributed by atoms with Crippen molar-refractivity contribution in [2.75, 3.05) is 13.2 Å². The van der Waals surface area contributed by atoms with E-state index in [2.05, 4.69) is 5.32 Å². The van der Waals surface area contributed by atoms with Gasteiger partial charge in [-0.05, 0) is 31.4 Å². The van der Waals surface area contributed by atoms with Crippen LogP contribution in [0.2, 0.25) is 0 Å². The zero-order valence-electron chi connectivity index (χ0n) is 10.4. The number of hydrogen-bond donors (Lipinski definition) is 2. The summed E-state index contributed by atoms with van der Waals surface area (Å²) >= 11 is 0. The molecule has 2 N–H and O–H groups in total. The van der Waals surface area contributed by atoms with Gasteiger partial charge in [-0.2, -0.15) is 0 Å². The summed E-state index contributed by atoms with van der Waals surface area (Å²) in [5.74, 6) is -0.307. The number of morpholine rings is 1. The average molecular weight is 251 g/mol. The van der Waals surface area contributed by atoms with Crippen molar-refractivity contribution in [2.24, 2.45) is 0 Å². The minimum Gasteiger partial charge on any atom is -0.385 e. The number of aryl methyl sites for hydroxylation is 1. The average Bonchev–Trinajstić information content (AvgIpc) is 2.27. The first-order chi connectivity index (χ1) is 8.58. The molecule has 2 aliphatic rings. The normalized spacial score (nSPS) is 35.5. The van der Waals surface area contributed by atoms with Crippen molar-refractivity contribution in [3.05, 3.63) is 35.1 Å². The van der Waals surface area contributed by atoms with E-state index in [4.69, 9.17) is 4.74 Å². The van der Waals surface area contributed by atoms with Gasteiger partial charge < -0.3 is 15.2 Å². The molecule has 2 saturated heterocycles. The molecular formula is C14H18FNO2. The van der Waals surface area contributed by atoms with Gasteiger partial charge in [0.15, 0.2) is 0 Å². The first-order valence-corrected chi connectivity index (χ1v) is 6.40. The molecule has 0 spiro atoms. The van der Waals surface area contributed by atoms with Crippen LogP contribution in [-0.4, -0.2) is 30.4 Å². The van der Waals surface area contributed by atoms with Crippen LogP contribution in [0.3, 0.4) is 0 Å². The van der Waals surface area contributed by atoms with E-state index < -0.39 is 5.60 Å². The van der Waals surface area contributed by atoms with Crippen LogP contribution >= 0.6 is 0 Å². The van der Waals surface area contributed by atoms with Crippen LogP contribution in [-0.2, 0) is 10.3 Å². The highest BCUT2D eigenvalue weighted by Gasteiger charge is 2.44. The molecule has 2 heterocycles. The van der Waals surface area contributed by atoms with Crippen LogP contribution < -0.4 is 5.32 Å². The summed E-state index contributed by atoms with van der Waals surface area (Å²) in [6.45, 7) is 3.03. The van der Waals surface area contributed by atoms with Gasteiger partial charge in [-0.15, -0.1) is 0 Å². The number of ether oxygens (including phenoxy) is 1. The third-order valence-corrected chi connectivity index (χ3v) is 3.96. The summed E-state index contributed by atoms with van der Waals surface area (Å²) in [6.07, 6.45) is 1.01. The van der Waals surface area contributed by atoms with Crippen LogP contribution in [0, 0.1) is 12.7 Å². The lowest BCUT2D eigenvalue weighted by atomic mass is 9.76. The van der Waals surface area contributed by atoms with Crippen molar-refractivity contribution in [3.8, 4) is 0 Å². The van der Waals surface area contributed by atoms with Gasteiger partial charge in [0.1, 0.15) is 5.82 Å². The van der Waals surface area contributed by atoms with Crippen LogP contribution in [0.15, 0.2) is 18.2 Å². The number of piperidine rings is 1. The van der Waals surface area contributed by atoms with Crippen molar-refractivity contribution in [2.45, 2.75) is 37.5 Å².